The number of carbonyl (C=O) groups is 3. The lowest BCUT2D eigenvalue weighted by Crippen LogP contribution is -2.44. The van der Waals surface area contributed by atoms with E-state index in [0.29, 0.717) is 13.0 Å². The predicted octanol–water partition coefficient (Wildman–Crippen LogP) is 0.313. The van der Waals surface area contributed by atoms with E-state index in [0.717, 1.165) is 12.8 Å². The van der Waals surface area contributed by atoms with Gasteiger partial charge in [-0.15, -0.1) is 0 Å². The third-order valence-corrected chi connectivity index (χ3v) is 2.48. The molecule has 1 unspecified atom stereocenters. The van der Waals surface area contributed by atoms with Crippen LogP contribution in [-0.4, -0.2) is 42.6 Å². The lowest BCUT2D eigenvalue weighted by atomic mass is 10.0. The smallest absolute Gasteiger partial charge is 0.315 e. The summed E-state index contributed by atoms with van der Waals surface area (Å²) >= 11 is 0. The molecule has 1 atom stereocenters. The Hall–Kier alpha value is -1.79. The maximum absolute atomic E-state index is 11.4. The van der Waals surface area contributed by atoms with Crippen molar-refractivity contribution in [3.63, 3.8) is 0 Å². The highest BCUT2D eigenvalue weighted by atomic mass is 16.4. The molecule has 0 saturated carbocycles. The monoisotopic (exact) mass is 273 g/mol. The van der Waals surface area contributed by atoms with Gasteiger partial charge in [0, 0.05) is 13.1 Å². The molecule has 0 aliphatic rings. The molecule has 4 N–H and O–H groups in total. The maximum Gasteiger partial charge on any atom is 0.315 e. The molecule has 0 fully saturated rings. The summed E-state index contributed by atoms with van der Waals surface area (Å²) in [5.41, 5.74) is 0. The van der Waals surface area contributed by atoms with Crippen molar-refractivity contribution in [1.82, 2.24) is 16.0 Å². The van der Waals surface area contributed by atoms with Crippen molar-refractivity contribution in [2.45, 2.75) is 33.1 Å². The number of urea groups is 1. The molecule has 0 aromatic heterocycles. The molecular weight excluding hydrogens is 250 g/mol. The molecular formula is C12H23N3O4. The second kappa shape index (κ2) is 10.2. The van der Waals surface area contributed by atoms with E-state index in [4.69, 9.17) is 5.11 Å². The first kappa shape index (κ1) is 17.2. The fourth-order valence-corrected chi connectivity index (χ4v) is 1.43. The fraction of sp³-hybridized carbons (Fsp3) is 0.750. The highest BCUT2D eigenvalue weighted by Gasteiger charge is 2.17. The first-order chi connectivity index (χ1) is 9.01. The van der Waals surface area contributed by atoms with Crippen molar-refractivity contribution in [1.29, 1.82) is 0 Å². The Morgan fingerprint density at radius 1 is 1.05 bits per heavy atom. The zero-order chi connectivity index (χ0) is 14.7. The number of hydrogen-bond donors (Lipinski definition) is 4. The Morgan fingerprint density at radius 2 is 1.74 bits per heavy atom. The van der Waals surface area contributed by atoms with E-state index in [1.54, 1.807) is 0 Å². The van der Waals surface area contributed by atoms with Crippen molar-refractivity contribution in [3.8, 4) is 0 Å². The van der Waals surface area contributed by atoms with Crippen LogP contribution in [-0.2, 0) is 9.59 Å². The Kier molecular flexibility index (Phi) is 9.20. The molecule has 0 bridgehead atoms. The van der Waals surface area contributed by atoms with Crippen LogP contribution < -0.4 is 16.0 Å². The molecule has 0 heterocycles. The molecule has 3 amide bonds. The van der Waals surface area contributed by atoms with Crippen molar-refractivity contribution in [2.75, 3.05) is 19.6 Å². The lowest BCUT2D eigenvalue weighted by molar-refractivity contribution is -0.141. The van der Waals surface area contributed by atoms with Crippen LogP contribution in [0.2, 0.25) is 0 Å². The Labute approximate surface area is 113 Å². The van der Waals surface area contributed by atoms with Crippen molar-refractivity contribution in [2.24, 2.45) is 5.92 Å². The molecule has 0 radical (unpaired) electrons. The van der Waals surface area contributed by atoms with Crippen molar-refractivity contribution < 1.29 is 19.5 Å². The van der Waals surface area contributed by atoms with Crippen LogP contribution in [0, 0.1) is 5.92 Å². The number of nitrogens with one attached hydrogen (secondary N) is 3. The van der Waals surface area contributed by atoms with Gasteiger partial charge in [-0.2, -0.15) is 0 Å². The van der Waals surface area contributed by atoms with Crippen LogP contribution in [0.1, 0.15) is 33.1 Å². The highest BCUT2D eigenvalue weighted by molar-refractivity contribution is 5.84. The molecule has 0 saturated heterocycles. The molecule has 7 heteroatoms. The normalized spacial score (nSPS) is 11.5. The van der Waals surface area contributed by atoms with Crippen LogP contribution in [0.3, 0.4) is 0 Å². The quantitative estimate of drug-likeness (QED) is 0.485. The van der Waals surface area contributed by atoms with E-state index < -0.39 is 17.9 Å². The third-order valence-electron chi connectivity index (χ3n) is 2.48. The van der Waals surface area contributed by atoms with E-state index >= 15 is 0 Å². The van der Waals surface area contributed by atoms with E-state index in [1.807, 2.05) is 13.8 Å². The van der Waals surface area contributed by atoms with Gasteiger partial charge in [-0.05, 0) is 12.8 Å². The van der Waals surface area contributed by atoms with Crippen LogP contribution in [0.25, 0.3) is 0 Å². The number of carboxylic acid groups (broad SMARTS) is 1. The largest absolute Gasteiger partial charge is 0.481 e. The molecule has 0 aromatic rings. The number of carboxylic acids is 1. The standard InChI is InChI=1S/C12H23N3O4/c1-3-5-9(11(17)18)7-14-12(19)15-8-10(16)13-6-4-2/h9H,3-8H2,1-2H3,(H,13,16)(H,17,18)(H2,14,15,19). The maximum atomic E-state index is 11.4. The summed E-state index contributed by atoms with van der Waals surface area (Å²) < 4.78 is 0. The van der Waals surface area contributed by atoms with Crippen LogP contribution >= 0.6 is 0 Å². The number of hydrogen-bond acceptors (Lipinski definition) is 3. The lowest BCUT2D eigenvalue weighted by Gasteiger charge is -2.13. The van der Waals surface area contributed by atoms with E-state index in [1.165, 1.54) is 0 Å². The summed E-state index contributed by atoms with van der Waals surface area (Å²) in [4.78, 5) is 33.4. The van der Waals surface area contributed by atoms with Gasteiger partial charge >= 0.3 is 12.0 Å². The zero-order valence-corrected chi connectivity index (χ0v) is 11.5. The topological polar surface area (TPSA) is 108 Å². The van der Waals surface area contributed by atoms with Gasteiger partial charge in [-0.25, -0.2) is 4.79 Å². The summed E-state index contributed by atoms with van der Waals surface area (Å²) in [6.07, 6.45) is 2.07. The first-order valence-corrected chi connectivity index (χ1v) is 6.52. The predicted molar refractivity (Wildman–Crippen MR) is 70.7 cm³/mol. The molecule has 0 rings (SSSR count). The highest BCUT2D eigenvalue weighted by Crippen LogP contribution is 2.04. The van der Waals surface area contributed by atoms with Gasteiger partial charge in [-0.1, -0.05) is 20.3 Å². The molecule has 0 aromatic carbocycles. The van der Waals surface area contributed by atoms with Gasteiger partial charge in [0.15, 0.2) is 0 Å². The van der Waals surface area contributed by atoms with Crippen molar-refractivity contribution >= 4 is 17.9 Å². The van der Waals surface area contributed by atoms with Crippen LogP contribution in [0.4, 0.5) is 4.79 Å². The van der Waals surface area contributed by atoms with Gasteiger partial charge in [0.1, 0.15) is 0 Å². The molecule has 0 spiro atoms. The third kappa shape index (κ3) is 8.87. The van der Waals surface area contributed by atoms with E-state index in [2.05, 4.69) is 16.0 Å². The average molecular weight is 273 g/mol. The SMILES string of the molecule is CCCNC(=O)CNC(=O)NCC(CCC)C(=O)O. The molecule has 0 aliphatic carbocycles. The summed E-state index contributed by atoms with van der Waals surface area (Å²) in [5.74, 6) is -1.78. The summed E-state index contributed by atoms with van der Waals surface area (Å²) in [7, 11) is 0. The summed E-state index contributed by atoms with van der Waals surface area (Å²) in [5, 5.41) is 16.3. The van der Waals surface area contributed by atoms with Crippen molar-refractivity contribution in [3.05, 3.63) is 0 Å². The number of amides is 3. The first-order valence-electron chi connectivity index (χ1n) is 6.52. The van der Waals surface area contributed by atoms with Gasteiger partial charge in [-0.3, -0.25) is 9.59 Å². The number of aliphatic carboxylic acids is 1. The summed E-state index contributed by atoms with van der Waals surface area (Å²) in [6, 6.07) is -0.533. The Bertz CT molecular complexity index is 307. The summed E-state index contributed by atoms with van der Waals surface area (Å²) in [6.45, 7) is 4.33. The fourth-order valence-electron chi connectivity index (χ4n) is 1.43. The number of carbonyl (C=O) groups excluding carboxylic acids is 2. The molecule has 0 aliphatic heterocycles. The molecule has 19 heavy (non-hydrogen) atoms. The van der Waals surface area contributed by atoms with Crippen LogP contribution in [0.15, 0.2) is 0 Å². The average Bonchev–Trinajstić information content (AvgIpc) is 2.38. The molecule has 110 valence electrons. The van der Waals surface area contributed by atoms with Gasteiger partial charge < -0.3 is 21.1 Å². The van der Waals surface area contributed by atoms with E-state index in [9.17, 15) is 14.4 Å². The minimum Gasteiger partial charge on any atom is -0.481 e. The second-order valence-corrected chi connectivity index (χ2v) is 4.24. The van der Waals surface area contributed by atoms with Gasteiger partial charge in [0.25, 0.3) is 0 Å². The minimum absolute atomic E-state index is 0.0611. The van der Waals surface area contributed by atoms with Gasteiger partial charge in [0.2, 0.25) is 5.91 Å². The number of rotatable bonds is 9. The van der Waals surface area contributed by atoms with Gasteiger partial charge in [0.05, 0.1) is 12.5 Å². The Morgan fingerprint density at radius 3 is 2.26 bits per heavy atom. The minimum atomic E-state index is -0.928. The van der Waals surface area contributed by atoms with E-state index in [-0.39, 0.29) is 19.0 Å². The zero-order valence-electron chi connectivity index (χ0n) is 11.5. The van der Waals surface area contributed by atoms with Crippen LogP contribution in [0.5, 0.6) is 0 Å². The Balaban J connectivity index is 3.85. The molecule has 7 nitrogen and oxygen atoms in total. The second-order valence-electron chi connectivity index (χ2n) is 4.24.